The third kappa shape index (κ3) is 0.524. The first-order valence-corrected chi connectivity index (χ1v) is 5.06. The van der Waals surface area contributed by atoms with E-state index in [4.69, 9.17) is 0 Å². The molecule has 2 saturated carbocycles. The van der Waals surface area contributed by atoms with Gasteiger partial charge in [-0.05, 0) is 48.0 Å². The van der Waals surface area contributed by atoms with Gasteiger partial charge in [0.15, 0.2) is 0 Å². The first-order valence-electron chi connectivity index (χ1n) is 3.91. The fourth-order valence-corrected chi connectivity index (χ4v) is 3.85. The zero-order valence-electron chi connectivity index (χ0n) is 5.65. The van der Waals surface area contributed by atoms with E-state index in [9.17, 15) is 0 Å². The summed E-state index contributed by atoms with van der Waals surface area (Å²) < 4.78 is 0. The van der Waals surface area contributed by atoms with Crippen molar-refractivity contribution in [2.24, 2.45) is 10.8 Å². The Kier molecular flexibility index (Phi) is 0.677. The molecule has 1 heterocycles. The second kappa shape index (κ2) is 1.20. The van der Waals surface area contributed by atoms with Crippen LogP contribution in [0.25, 0.3) is 0 Å². The fourth-order valence-electron chi connectivity index (χ4n) is 2.66. The minimum absolute atomic E-state index is 0.904. The van der Waals surface area contributed by atoms with Crippen LogP contribution in [0.15, 0.2) is 0 Å². The summed E-state index contributed by atoms with van der Waals surface area (Å²) in [4.78, 5) is 0. The van der Waals surface area contributed by atoms with Crippen molar-refractivity contribution in [1.82, 2.24) is 0 Å². The smallest absolute Gasteiger partial charge is 0.000228 e. The second-order valence-electron chi connectivity index (χ2n) is 4.35. The third-order valence-corrected chi connectivity index (χ3v) is 4.91. The van der Waals surface area contributed by atoms with Crippen molar-refractivity contribution in [2.75, 3.05) is 11.5 Å². The SMILES string of the molecule is C1CC12CC1(CSC1)C2. The zero-order chi connectivity index (χ0) is 5.95. The van der Waals surface area contributed by atoms with Crippen LogP contribution in [0.5, 0.6) is 0 Å². The molecule has 0 aromatic heterocycles. The van der Waals surface area contributed by atoms with E-state index in [1.165, 1.54) is 11.5 Å². The Morgan fingerprint density at radius 2 is 1.56 bits per heavy atom. The molecule has 2 spiro atoms. The van der Waals surface area contributed by atoms with E-state index in [0.717, 1.165) is 10.8 Å². The molecule has 0 amide bonds. The minimum atomic E-state index is 0.904. The molecule has 2 aliphatic carbocycles. The molecule has 0 bridgehead atoms. The van der Waals surface area contributed by atoms with Gasteiger partial charge in [-0.1, -0.05) is 0 Å². The summed E-state index contributed by atoms with van der Waals surface area (Å²) in [6, 6.07) is 0. The lowest BCUT2D eigenvalue weighted by molar-refractivity contribution is 0.0742. The highest BCUT2D eigenvalue weighted by molar-refractivity contribution is 8.00. The van der Waals surface area contributed by atoms with Gasteiger partial charge < -0.3 is 0 Å². The lowest BCUT2D eigenvalue weighted by atomic mass is 9.61. The van der Waals surface area contributed by atoms with Crippen molar-refractivity contribution in [3.8, 4) is 0 Å². The van der Waals surface area contributed by atoms with Gasteiger partial charge in [-0.15, -0.1) is 0 Å². The third-order valence-electron chi connectivity index (χ3n) is 3.27. The van der Waals surface area contributed by atoms with Crippen molar-refractivity contribution >= 4 is 11.8 Å². The predicted octanol–water partition coefficient (Wildman–Crippen LogP) is 2.29. The monoisotopic (exact) mass is 140 g/mol. The molecule has 3 aliphatic rings. The van der Waals surface area contributed by atoms with Gasteiger partial charge in [0.05, 0.1) is 0 Å². The summed E-state index contributed by atoms with van der Waals surface area (Å²) in [7, 11) is 0. The van der Waals surface area contributed by atoms with Crippen molar-refractivity contribution in [1.29, 1.82) is 0 Å². The molecule has 1 saturated heterocycles. The average Bonchev–Trinajstić information content (AvgIpc) is 2.32. The molecular weight excluding hydrogens is 128 g/mol. The second-order valence-corrected chi connectivity index (χ2v) is 5.33. The van der Waals surface area contributed by atoms with E-state index >= 15 is 0 Å². The Hall–Kier alpha value is 0.350. The summed E-state index contributed by atoms with van der Waals surface area (Å²) in [5.41, 5.74) is 1.85. The van der Waals surface area contributed by atoms with E-state index < -0.39 is 0 Å². The van der Waals surface area contributed by atoms with Crippen molar-refractivity contribution < 1.29 is 0 Å². The number of hydrogen-bond donors (Lipinski definition) is 0. The van der Waals surface area contributed by atoms with Gasteiger partial charge in [-0.25, -0.2) is 0 Å². The van der Waals surface area contributed by atoms with Crippen LogP contribution in [0.1, 0.15) is 25.7 Å². The van der Waals surface area contributed by atoms with Crippen LogP contribution in [0, 0.1) is 10.8 Å². The first kappa shape index (κ1) is 5.06. The van der Waals surface area contributed by atoms with Gasteiger partial charge in [0.1, 0.15) is 0 Å². The summed E-state index contributed by atoms with van der Waals surface area (Å²) in [5, 5.41) is 0. The average molecular weight is 140 g/mol. The van der Waals surface area contributed by atoms with Crippen LogP contribution >= 0.6 is 11.8 Å². The van der Waals surface area contributed by atoms with Crippen molar-refractivity contribution in [3.05, 3.63) is 0 Å². The van der Waals surface area contributed by atoms with E-state index in [1.54, 1.807) is 25.7 Å². The quantitative estimate of drug-likeness (QED) is 0.497. The Morgan fingerprint density at radius 1 is 0.889 bits per heavy atom. The molecule has 3 rings (SSSR count). The maximum Gasteiger partial charge on any atom is -0.000228 e. The van der Waals surface area contributed by atoms with Crippen LogP contribution in [-0.2, 0) is 0 Å². The molecule has 0 nitrogen and oxygen atoms in total. The minimum Gasteiger partial charge on any atom is -0.161 e. The summed E-state index contributed by atoms with van der Waals surface area (Å²) in [6.07, 6.45) is 6.35. The number of thioether (sulfide) groups is 1. The maximum atomic E-state index is 2.15. The molecule has 0 N–H and O–H groups in total. The van der Waals surface area contributed by atoms with Crippen LogP contribution in [-0.4, -0.2) is 11.5 Å². The molecule has 50 valence electrons. The van der Waals surface area contributed by atoms with E-state index in [1.807, 2.05) is 0 Å². The van der Waals surface area contributed by atoms with Crippen molar-refractivity contribution in [3.63, 3.8) is 0 Å². The lowest BCUT2D eigenvalue weighted by Gasteiger charge is -2.54. The normalized spacial score (nSPS) is 40.0. The molecule has 3 fully saturated rings. The Bertz CT molecular complexity index is 144. The number of hydrogen-bond acceptors (Lipinski definition) is 1. The molecule has 1 heteroatoms. The molecule has 0 aromatic carbocycles. The molecule has 0 atom stereocenters. The largest absolute Gasteiger partial charge is 0.161 e. The van der Waals surface area contributed by atoms with Gasteiger partial charge in [0.2, 0.25) is 0 Å². The number of rotatable bonds is 0. The van der Waals surface area contributed by atoms with Crippen LogP contribution in [0.4, 0.5) is 0 Å². The van der Waals surface area contributed by atoms with Crippen LogP contribution in [0.2, 0.25) is 0 Å². The summed E-state index contributed by atoms with van der Waals surface area (Å²) >= 11 is 2.15. The molecule has 0 radical (unpaired) electrons. The highest BCUT2D eigenvalue weighted by Gasteiger charge is 2.62. The van der Waals surface area contributed by atoms with Gasteiger partial charge >= 0.3 is 0 Å². The van der Waals surface area contributed by atoms with Crippen LogP contribution in [0.3, 0.4) is 0 Å². The standard InChI is InChI=1S/C8H12S/c1-2-7(1)3-8(4-7)5-9-6-8/h1-6H2. The van der Waals surface area contributed by atoms with Gasteiger partial charge in [0.25, 0.3) is 0 Å². The molecule has 1 aliphatic heterocycles. The summed E-state index contributed by atoms with van der Waals surface area (Å²) in [6.45, 7) is 0. The Balaban J connectivity index is 1.75. The van der Waals surface area contributed by atoms with E-state index in [0.29, 0.717) is 0 Å². The predicted molar refractivity (Wildman–Crippen MR) is 40.7 cm³/mol. The van der Waals surface area contributed by atoms with Crippen molar-refractivity contribution in [2.45, 2.75) is 25.7 Å². The van der Waals surface area contributed by atoms with Gasteiger partial charge in [-0.3, -0.25) is 0 Å². The topological polar surface area (TPSA) is 0 Å². The molecule has 9 heavy (non-hydrogen) atoms. The molecule has 0 aromatic rings. The van der Waals surface area contributed by atoms with E-state index in [2.05, 4.69) is 11.8 Å². The Labute approximate surface area is 60.4 Å². The summed E-state index contributed by atoms with van der Waals surface area (Å²) in [5.74, 6) is 2.99. The van der Waals surface area contributed by atoms with E-state index in [-0.39, 0.29) is 0 Å². The maximum absolute atomic E-state index is 2.15. The molecule has 0 unspecified atom stereocenters. The zero-order valence-corrected chi connectivity index (χ0v) is 6.47. The highest BCUT2D eigenvalue weighted by Crippen LogP contribution is 2.72. The fraction of sp³-hybridized carbons (Fsp3) is 1.00. The Morgan fingerprint density at radius 3 is 1.89 bits per heavy atom. The first-order chi connectivity index (χ1) is 4.33. The lowest BCUT2D eigenvalue weighted by Crippen LogP contribution is -2.48. The highest BCUT2D eigenvalue weighted by atomic mass is 32.2. The van der Waals surface area contributed by atoms with Crippen LogP contribution < -0.4 is 0 Å². The van der Waals surface area contributed by atoms with Gasteiger partial charge in [-0.2, -0.15) is 11.8 Å². The molecular formula is C8H12S. The van der Waals surface area contributed by atoms with Gasteiger partial charge in [0, 0.05) is 0 Å².